The molecule has 0 atom stereocenters. The van der Waals surface area contributed by atoms with Crippen LogP contribution in [0.1, 0.15) is 13.8 Å². The van der Waals surface area contributed by atoms with Gasteiger partial charge in [0.1, 0.15) is 0 Å². The zero-order valence-corrected chi connectivity index (χ0v) is 8.34. The van der Waals surface area contributed by atoms with Crippen LogP contribution in [0.25, 0.3) is 0 Å². The summed E-state index contributed by atoms with van der Waals surface area (Å²) in [6, 6.07) is 0. The smallest absolute Gasteiger partial charge is 0.379 e. The zero-order chi connectivity index (χ0) is 12.7. The first-order valence-corrected chi connectivity index (χ1v) is 4.09. The Balaban J connectivity index is 2.53. The van der Waals surface area contributed by atoms with Crippen molar-refractivity contribution in [3.05, 3.63) is 0 Å². The van der Waals surface area contributed by atoms with E-state index in [1.165, 1.54) is 0 Å². The van der Waals surface area contributed by atoms with E-state index >= 15 is 0 Å². The fourth-order valence-corrected chi connectivity index (χ4v) is 0.651. The summed E-state index contributed by atoms with van der Waals surface area (Å²) in [7, 11) is 0. The Morgan fingerprint density at radius 1 is 1.19 bits per heavy atom. The number of hydrogen-bond donors (Lipinski definition) is 2. The van der Waals surface area contributed by atoms with Gasteiger partial charge >= 0.3 is 11.9 Å². The third-order valence-corrected chi connectivity index (χ3v) is 1.79. The highest BCUT2D eigenvalue weighted by Gasteiger charge is 2.73. The number of hydrogen-bond acceptors (Lipinski definition) is 8. The fraction of sp³-hybridized carbons (Fsp3) is 0.500. The maximum Gasteiger partial charge on any atom is 0.403 e. The van der Waals surface area contributed by atoms with E-state index in [2.05, 4.69) is 9.78 Å². The molecule has 8 heteroatoms. The molecule has 0 aromatic heterocycles. The first-order valence-electron chi connectivity index (χ1n) is 4.09. The molecule has 0 spiro atoms. The Kier molecular flexibility index (Phi) is 2.57. The van der Waals surface area contributed by atoms with E-state index in [4.69, 9.17) is 10.2 Å². The lowest BCUT2D eigenvalue weighted by Crippen LogP contribution is -2.36. The van der Waals surface area contributed by atoms with Gasteiger partial charge in [-0.05, 0) is 13.8 Å². The van der Waals surface area contributed by atoms with Crippen LogP contribution in [0.4, 0.5) is 0 Å². The molecule has 2 N–H and O–H groups in total. The normalized spacial score (nSPS) is 18.0. The van der Waals surface area contributed by atoms with Gasteiger partial charge < -0.3 is 10.2 Å². The van der Waals surface area contributed by atoms with Gasteiger partial charge in [-0.1, -0.05) is 0 Å². The minimum absolute atomic E-state index is 1.06. The minimum Gasteiger partial charge on any atom is -0.379 e. The van der Waals surface area contributed by atoms with Crippen molar-refractivity contribution in [2.75, 3.05) is 0 Å². The third-order valence-electron chi connectivity index (χ3n) is 1.79. The van der Waals surface area contributed by atoms with Crippen LogP contribution < -0.4 is 0 Å². The molecule has 0 radical (unpaired) electrons. The number of Topliss-reactive ketones (excluding diaryl/α,β-unsaturated/α-hetero) is 2. The first-order chi connectivity index (χ1) is 7.11. The van der Waals surface area contributed by atoms with Crippen LogP contribution in [0.15, 0.2) is 0 Å². The second-order valence-electron chi connectivity index (χ2n) is 3.67. The van der Waals surface area contributed by atoms with Crippen LogP contribution in [-0.4, -0.2) is 44.9 Å². The molecule has 0 amide bonds. The van der Waals surface area contributed by atoms with Crippen molar-refractivity contribution in [3.8, 4) is 0 Å². The molecule has 1 aliphatic carbocycles. The quantitative estimate of drug-likeness (QED) is 0.234. The molecule has 88 valence electrons. The summed E-state index contributed by atoms with van der Waals surface area (Å²) in [5.74, 6) is -5.70. The third kappa shape index (κ3) is 1.79. The van der Waals surface area contributed by atoms with Crippen LogP contribution in [0.5, 0.6) is 0 Å². The first kappa shape index (κ1) is 12.3. The summed E-state index contributed by atoms with van der Waals surface area (Å²) >= 11 is 0. The summed E-state index contributed by atoms with van der Waals surface area (Å²) in [6.07, 6.45) is 0. The Morgan fingerprint density at radius 3 is 1.94 bits per heavy atom. The number of carbonyl (C=O) groups excluding carboxylic acids is 4. The predicted molar refractivity (Wildman–Crippen MR) is 43.4 cm³/mol. The Labute approximate surface area is 88.7 Å². The van der Waals surface area contributed by atoms with Crippen molar-refractivity contribution in [1.82, 2.24) is 0 Å². The average Bonchev–Trinajstić information content (AvgIpc) is 2.65. The van der Waals surface area contributed by atoms with Crippen molar-refractivity contribution >= 4 is 23.5 Å². The largest absolute Gasteiger partial charge is 0.403 e. The highest BCUT2D eigenvalue weighted by atomic mass is 17.2. The van der Waals surface area contributed by atoms with Crippen molar-refractivity contribution in [2.24, 2.45) is 0 Å². The molecule has 1 saturated carbocycles. The Bertz CT molecular complexity index is 373. The average molecular weight is 232 g/mol. The monoisotopic (exact) mass is 232 g/mol. The molecule has 16 heavy (non-hydrogen) atoms. The van der Waals surface area contributed by atoms with E-state index < -0.39 is 34.7 Å². The lowest BCUT2D eigenvalue weighted by molar-refractivity contribution is -0.274. The number of ketones is 2. The summed E-state index contributed by atoms with van der Waals surface area (Å²) in [4.78, 5) is 50.4. The van der Waals surface area contributed by atoms with Gasteiger partial charge in [0.05, 0.1) is 0 Å². The fourth-order valence-electron chi connectivity index (χ4n) is 0.651. The SMILES string of the molecule is CC(C)(O)C(=O)OOC(=O)C1(O)C(=O)C1=O. The van der Waals surface area contributed by atoms with E-state index in [1.54, 1.807) is 0 Å². The van der Waals surface area contributed by atoms with E-state index in [1.807, 2.05) is 0 Å². The second kappa shape index (κ2) is 3.35. The van der Waals surface area contributed by atoms with Gasteiger partial charge in [0.2, 0.25) is 0 Å². The molecule has 0 unspecified atom stereocenters. The molecule has 0 bridgehead atoms. The molecule has 1 aliphatic rings. The maximum absolute atomic E-state index is 10.9. The van der Waals surface area contributed by atoms with Crippen LogP contribution in [0.3, 0.4) is 0 Å². The minimum atomic E-state index is -2.86. The zero-order valence-electron chi connectivity index (χ0n) is 8.34. The van der Waals surface area contributed by atoms with Crippen LogP contribution >= 0.6 is 0 Å². The van der Waals surface area contributed by atoms with Crippen molar-refractivity contribution < 1.29 is 39.2 Å². The van der Waals surface area contributed by atoms with Gasteiger partial charge in [-0.3, -0.25) is 9.59 Å². The lowest BCUT2D eigenvalue weighted by Gasteiger charge is -2.13. The molecular weight excluding hydrogens is 224 g/mol. The molecule has 0 heterocycles. The van der Waals surface area contributed by atoms with Crippen LogP contribution in [0.2, 0.25) is 0 Å². The maximum atomic E-state index is 10.9. The standard InChI is InChI=1S/C8H8O8/c1-7(2,13)5(11)15-16-6(12)8(14)3(9)4(8)10/h13-14H,1-2H3. The van der Waals surface area contributed by atoms with Gasteiger partial charge in [-0.15, -0.1) is 0 Å². The highest BCUT2D eigenvalue weighted by molar-refractivity contribution is 6.72. The van der Waals surface area contributed by atoms with Crippen LogP contribution in [0, 0.1) is 0 Å². The van der Waals surface area contributed by atoms with Gasteiger partial charge in [0.15, 0.2) is 5.60 Å². The van der Waals surface area contributed by atoms with Crippen LogP contribution in [-0.2, 0) is 29.0 Å². The number of rotatable bonds is 2. The number of carbonyl (C=O) groups is 4. The Morgan fingerprint density at radius 2 is 1.62 bits per heavy atom. The molecule has 1 fully saturated rings. The van der Waals surface area contributed by atoms with Gasteiger partial charge in [-0.2, -0.15) is 0 Å². The van der Waals surface area contributed by atoms with E-state index in [0.717, 1.165) is 13.8 Å². The molecular formula is C8H8O8. The number of aliphatic hydroxyl groups is 2. The van der Waals surface area contributed by atoms with E-state index in [9.17, 15) is 19.2 Å². The molecule has 0 aliphatic heterocycles. The summed E-state index contributed by atoms with van der Waals surface area (Å²) in [6.45, 7) is 2.12. The topological polar surface area (TPSA) is 127 Å². The predicted octanol–water partition coefficient (Wildman–Crippen LogP) is -2.36. The molecule has 0 saturated heterocycles. The van der Waals surface area contributed by atoms with Crippen molar-refractivity contribution in [1.29, 1.82) is 0 Å². The Hall–Kier alpha value is -1.80. The molecule has 1 rings (SSSR count). The summed E-state index contributed by atoms with van der Waals surface area (Å²) < 4.78 is 0. The van der Waals surface area contributed by atoms with Crippen molar-refractivity contribution in [3.63, 3.8) is 0 Å². The van der Waals surface area contributed by atoms with Crippen molar-refractivity contribution in [2.45, 2.75) is 25.0 Å². The lowest BCUT2D eigenvalue weighted by atomic mass is 10.1. The second-order valence-corrected chi connectivity index (χ2v) is 3.67. The molecule has 0 aromatic carbocycles. The van der Waals surface area contributed by atoms with Gasteiger partial charge in [0, 0.05) is 0 Å². The van der Waals surface area contributed by atoms with E-state index in [0.29, 0.717) is 0 Å². The molecule has 0 aromatic rings. The molecule has 8 nitrogen and oxygen atoms in total. The van der Waals surface area contributed by atoms with E-state index in [-0.39, 0.29) is 0 Å². The van der Waals surface area contributed by atoms with Gasteiger partial charge in [0.25, 0.3) is 17.2 Å². The summed E-state index contributed by atoms with van der Waals surface area (Å²) in [5, 5.41) is 18.1. The van der Waals surface area contributed by atoms with Gasteiger partial charge in [-0.25, -0.2) is 19.4 Å². The summed E-state index contributed by atoms with van der Waals surface area (Å²) in [5.41, 5.74) is -4.78. The highest BCUT2D eigenvalue weighted by Crippen LogP contribution is 2.27.